The molecule has 0 amide bonds. The van der Waals surface area contributed by atoms with E-state index in [0.29, 0.717) is 10.9 Å². The Morgan fingerprint density at radius 1 is 1.14 bits per heavy atom. The second-order valence-electron chi connectivity index (χ2n) is 5.57. The van der Waals surface area contributed by atoms with Gasteiger partial charge in [0.2, 0.25) is 0 Å². The summed E-state index contributed by atoms with van der Waals surface area (Å²) in [5, 5.41) is 13.9. The number of hydrogen-bond donors (Lipinski definition) is 1. The lowest BCUT2D eigenvalue weighted by molar-refractivity contribution is -0.144. The van der Waals surface area contributed by atoms with Crippen LogP contribution >= 0.6 is 11.3 Å². The molecule has 0 aliphatic rings. The van der Waals surface area contributed by atoms with Crippen LogP contribution in [0.3, 0.4) is 0 Å². The normalized spacial score (nSPS) is 12.4. The van der Waals surface area contributed by atoms with E-state index in [4.69, 9.17) is 5.11 Å². The Morgan fingerprint density at radius 2 is 1.86 bits per heavy atom. The van der Waals surface area contributed by atoms with Gasteiger partial charge in [-0.05, 0) is 12.1 Å². The molecule has 2 aromatic heterocycles. The number of carbonyl (C=O) groups is 1. The summed E-state index contributed by atoms with van der Waals surface area (Å²) in [7, 11) is 0. The molecule has 1 aromatic carbocycles. The molecule has 0 radical (unpaired) electrons. The number of carboxylic acids is 1. The Kier molecular flexibility index (Phi) is 4.91. The van der Waals surface area contributed by atoms with E-state index in [1.807, 2.05) is 0 Å². The van der Waals surface area contributed by atoms with Gasteiger partial charge in [0.15, 0.2) is 5.69 Å². The first-order chi connectivity index (χ1) is 13.0. The Bertz CT molecular complexity index is 1020. The summed E-state index contributed by atoms with van der Waals surface area (Å²) in [6, 6.07) is 4.37. The molecule has 1 N–H and O–H groups in total. The molecule has 0 aliphatic carbocycles. The average Bonchev–Trinajstić information content (AvgIpc) is 3.21. The number of nitrogens with zero attached hydrogens (tertiary/aromatic N) is 3. The molecule has 12 heteroatoms. The highest BCUT2D eigenvalue weighted by molar-refractivity contribution is 7.09. The molecule has 0 unspecified atom stereocenters. The molecule has 28 heavy (non-hydrogen) atoms. The standard InChI is InChI=1S/C16H9F6N3O2S/c17-15(18,19)9-3-1-2-8(4-9)11-7-28-12(24-11)6-25-13(16(20,21)22)10(5-23-25)14(26)27/h1-5,7H,6H2,(H,26,27). The molecule has 0 saturated heterocycles. The number of halogens is 6. The molecular formula is C16H9F6N3O2S. The van der Waals surface area contributed by atoms with E-state index >= 15 is 0 Å². The molecular weight excluding hydrogens is 412 g/mol. The lowest BCUT2D eigenvalue weighted by Crippen LogP contribution is -2.18. The van der Waals surface area contributed by atoms with E-state index in [9.17, 15) is 31.1 Å². The Hall–Kier alpha value is -2.89. The minimum absolute atomic E-state index is 0.123. The van der Waals surface area contributed by atoms with Crippen LogP contribution < -0.4 is 0 Å². The molecule has 3 aromatic rings. The highest BCUT2D eigenvalue weighted by Gasteiger charge is 2.40. The number of carboxylic acid groups (broad SMARTS) is 1. The van der Waals surface area contributed by atoms with Crippen molar-refractivity contribution in [3.05, 3.63) is 57.7 Å². The van der Waals surface area contributed by atoms with Crippen molar-refractivity contribution >= 4 is 17.3 Å². The van der Waals surface area contributed by atoms with E-state index in [2.05, 4.69) is 10.1 Å². The summed E-state index contributed by atoms with van der Waals surface area (Å²) in [6.07, 6.45) is -8.91. The second-order valence-corrected chi connectivity index (χ2v) is 6.52. The van der Waals surface area contributed by atoms with Gasteiger partial charge in [0.05, 0.1) is 24.0 Å². The van der Waals surface area contributed by atoms with Crippen molar-refractivity contribution in [2.45, 2.75) is 18.9 Å². The third-order valence-electron chi connectivity index (χ3n) is 3.66. The maximum absolute atomic E-state index is 13.2. The van der Waals surface area contributed by atoms with Crippen molar-refractivity contribution in [1.29, 1.82) is 0 Å². The summed E-state index contributed by atoms with van der Waals surface area (Å²) < 4.78 is 78.5. The van der Waals surface area contributed by atoms with E-state index < -0.39 is 41.7 Å². The van der Waals surface area contributed by atoms with E-state index in [1.165, 1.54) is 17.5 Å². The molecule has 5 nitrogen and oxygen atoms in total. The molecule has 0 spiro atoms. The third-order valence-corrected chi connectivity index (χ3v) is 4.49. The van der Waals surface area contributed by atoms with E-state index in [0.717, 1.165) is 23.5 Å². The van der Waals surface area contributed by atoms with E-state index in [-0.39, 0.29) is 16.3 Å². The van der Waals surface area contributed by atoms with Gasteiger partial charge in [-0.25, -0.2) is 9.78 Å². The monoisotopic (exact) mass is 421 g/mol. The van der Waals surface area contributed by atoms with Crippen LogP contribution in [-0.2, 0) is 18.9 Å². The maximum Gasteiger partial charge on any atom is 0.433 e. The Labute approximate surface area is 156 Å². The summed E-state index contributed by atoms with van der Waals surface area (Å²) in [5.41, 5.74) is -3.00. The first-order valence-electron chi connectivity index (χ1n) is 7.45. The van der Waals surface area contributed by atoms with Gasteiger partial charge in [-0.3, -0.25) is 4.68 Å². The molecule has 148 valence electrons. The zero-order valence-electron chi connectivity index (χ0n) is 13.5. The van der Waals surface area contributed by atoms with Crippen molar-refractivity contribution < 1.29 is 36.2 Å². The van der Waals surface area contributed by atoms with Crippen molar-refractivity contribution in [2.24, 2.45) is 0 Å². The van der Waals surface area contributed by atoms with Crippen molar-refractivity contribution in [1.82, 2.24) is 14.8 Å². The fraction of sp³-hybridized carbons (Fsp3) is 0.188. The first kappa shape index (κ1) is 19.9. The molecule has 0 aliphatic heterocycles. The van der Waals surface area contributed by atoms with Gasteiger partial charge in [-0.15, -0.1) is 11.3 Å². The zero-order chi connectivity index (χ0) is 20.7. The minimum Gasteiger partial charge on any atom is -0.478 e. The van der Waals surface area contributed by atoms with Crippen LogP contribution in [0.5, 0.6) is 0 Å². The summed E-state index contributed by atoms with van der Waals surface area (Å²) in [4.78, 5) is 15.0. The molecule has 0 bridgehead atoms. The predicted octanol–water partition coefficient (Wildman–Crippen LogP) is 4.79. The minimum atomic E-state index is -4.95. The van der Waals surface area contributed by atoms with Crippen molar-refractivity contribution in [3.63, 3.8) is 0 Å². The van der Waals surface area contributed by atoms with Crippen LogP contribution in [0.25, 0.3) is 11.3 Å². The van der Waals surface area contributed by atoms with Crippen LogP contribution in [0, 0.1) is 0 Å². The van der Waals surface area contributed by atoms with Gasteiger partial charge >= 0.3 is 18.3 Å². The molecule has 2 heterocycles. The Morgan fingerprint density at radius 3 is 2.46 bits per heavy atom. The van der Waals surface area contributed by atoms with Gasteiger partial charge in [0.1, 0.15) is 10.6 Å². The number of rotatable bonds is 4. The number of alkyl halides is 6. The van der Waals surface area contributed by atoms with E-state index in [1.54, 1.807) is 0 Å². The third kappa shape index (κ3) is 4.01. The second kappa shape index (κ2) is 6.93. The number of benzene rings is 1. The number of thiazole rings is 1. The Balaban J connectivity index is 1.92. The molecule has 0 fully saturated rings. The summed E-state index contributed by atoms with van der Waals surface area (Å²) >= 11 is 0.922. The quantitative estimate of drug-likeness (QED) is 0.615. The largest absolute Gasteiger partial charge is 0.478 e. The van der Waals surface area contributed by atoms with Crippen LogP contribution in [0.2, 0.25) is 0 Å². The topological polar surface area (TPSA) is 68.0 Å². The molecule has 3 rings (SSSR count). The van der Waals surface area contributed by atoms with Crippen LogP contribution in [0.15, 0.2) is 35.8 Å². The lowest BCUT2D eigenvalue weighted by atomic mass is 10.1. The van der Waals surface area contributed by atoms with Gasteiger partial charge < -0.3 is 5.11 Å². The smallest absolute Gasteiger partial charge is 0.433 e. The van der Waals surface area contributed by atoms with Gasteiger partial charge in [-0.1, -0.05) is 12.1 Å². The first-order valence-corrected chi connectivity index (χ1v) is 8.33. The summed E-state index contributed by atoms with van der Waals surface area (Å²) in [6.45, 7) is -0.480. The fourth-order valence-corrected chi connectivity index (χ4v) is 3.24. The number of aromatic nitrogens is 3. The lowest BCUT2D eigenvalue weighted by Gasteiger charge is -2.10. The average molecular weight is 421 g/mol. The van der Waals surface area contributed by atoms with Crippen LogP contribution in [-0.4, -0.2) is 25.8 Å². The van der Waals surface area contributed by atoms with Gasteiger partial charge in [-0.2, -0.15) is 31.4 Å². The van der Waals surface area contributed by atoms with Crippen LogP contribution in [0.1, 0.15) is 26.6 Å². The van der Waals surface area contributed by atoms with Gasteiger partial charge in [0.25, 0.3) is 0 Å². The zero-order valence-corrected chi connectivity index (χ0v) is 14.4. The predicted molar refractivity (Wildman–Crippen MR) is 85.8 cm³/mol. The number of aromatic carboxylic acids is 1. The maximum atomic E-state index is 13.2. The molecule has 0 saturated carbocycles. The fourth-order valence-electron chi connectivity index (χ4n) is 2.46. The SMILES string of the molecule is O=C(O)c1cnn(Cc2nc(-c3cccc(C(F)(F)F)c3)cs2)c1C(F)(F)F. The van der Waals surface area contributed by atoms with Gasteiger partial charge in [0, 0.05) is 10.9 Å². The van der Waals surface area contributed by atoms with Crippen molar-refractivity contribution in [2.75, 3.05) is 0 Å². The highest BCUT2D eigenvalue weighted by Crippen LogP contribution is 2.34. The molecule has 0 atom stereocenters. The highest BCUT2D eigenvalue weighted by atomic mass is 32.1. The summed E-state index contributed by atoms with van der Waals surface area (Å²) in [5.74, 6) is -1.78. The number of hydrogen-bond acceptors (Lipinski definition) is 4. The van der Waals surface area contributed by atoms with Crippen molar-refractivity contribution in [3.8, 4) is 11.3 Å². The van der Waals surface area contributed by atoms with Crippen LogP contribution in [0.4, 0.5) is 26.3 Å².